The monoisotopic (exact) mass is 317 g/mol. The first kappa shape index (κ1) is 15.0. The topological polar surface area (TPSA) is 60.2 Å². The van der Waals surface area contributed by atoms with E-state index in [1.807, 2.05) is 0 Å². The number of hydrogen-bond donors (Lipinski definition) is 1. The molecule has 1 heterocycles. The van der Waals surface area contributed by atoms with Crippen LogP contribution in [-0.2, 0) is 6.54 Å². The number of halogens is 2. The van der Waals surface area contributed by atoms with Gasteiger partial charge in [-0.05, 0) is 36.4 Å². The molecule has 1 aromatic heterocycles. The molecule has 0 bridgehead atoms. The minimum Gasteiger partial charge on any atom is -0.497 e. The molecule has 0 fully saturated rings. The summed E-state index contributed by atoms with van der Waals surface area (Å²) in [5.41, 5.74) is 1.19. The number of nitrogens with one attached hydrogen (secondary N) is 1. The Bertz CT molecular complexity index is 803. The summed E-state index contributed by atoms with van der Waals surface area (Å²) in [5, 5.41) is 10.8. The zero-order chi connectivity index (χ0) is 16.2. The minimum atomic E-state index is -0.917. The Morgan fingerprint density at radius 2 is 1.83 bits per heavy atom. The first-order valence-electron chi connectivity index (χ1n) is 6.81. The lowest BCUT2D eigenvalue weighted by atomic mass is 10.2. The van der Waals surface area contributed by atoms with E-state index >= 15 is 0 Å². The van der Waals surface area contributed by atoms with Gasteiger partial charge in [0.15, 0.2) is 11.6 Å². The fraction of sp³-hybridized carbons (Fsp3) is 0.125. The van der Waals surface area contributed by atoms with Crippen molar-refractivity contribution in [2.75, 3.05) is 12.4 Å². The molecule has 2 aromatic carbocycles. The van der Waals surface area contributed by atoms with Gasteiger partial charge in [0.05, 0.1) is 13.7 Å². The number of methoxy groups -OCH3 is 1. The van der Waals surface area contributed by atoms with Crippen LogP contribution in [0.3, 0.4) is 0 Å². The van der Waals surface area contributed by atoms with Gasteiger partial charge in [0.25, 0.3) is 0 Å². The van der Waals surface area contributed by atoms with Gasteiger partial charge in [-0.3, -0.25) is 0 Å². The van der Waals surface area contributed by atoms with Crippen molar-refractivity contribution in [3.63, 3.8) is 0 Å². The van der Waals surface area contributed by atoms with Crippen LogP contribution in [0.1, 0.15) is 5.89 Å². The van der Waals surface area contributed by atoms with Crippen molar-refractivity contribution < 1.29 is 17.9 Å². The summed E-state index contributed by atoms with van der Waals surface area (Å²) in [6.45, 7) is 0.203. The van der Waals surface area contributed by atoms with Crippen LogP contribution in [0.25, 0.3) is 11.5 Å². The van der Waals surface area contributed by atoms with Gasteiger partial charge in [-0.15, -0.1) is 10.2 Å². The van der Waals surface area contributed by atoms with Crippen molar-refractivity contribution >= 4 is 5.69 Å². The molecule has 0 unspecified atom stereocenters. The van der Waals surface area contributed by atoms with E-state index in [-0.39, 0.29) is 6.54 Å². The van der Waals surface area contributed by atoms with Crippen molar-refractivity contribution in [1.29, 1.82) is 0 Å². The molecule has 0 amide bonds. The van der Waals surface area contributed by atoms with Crippen molar-refractivity contribution in [2.45, 2.75) is 6.54 Å². The Labute approximate surface area is 130 Å². The van der Waals surface area contributed by atoms with Gasteiger partial charge in [-0.2, -0.15) is 0 Å². The lowest BCUT2D eigenvalue weighted by Gasteiger charge is -2.03. The number of aromatic nitrogens is 2. The van der Waals surface area contributed by atoms with Crippen LogP contribution in [0.4, 0.5) is 14.5 Å². The number of anilines is 1. The summed E-state index contributed by atoms with van der Waals surface area (Å²) in [6, 6.07) is 10.7. The van der Waals surface area contributed by atoms with Crippen LogP contribution < -0.4 is 10.1 Å². The van der Waals surface area contributed by atoms with Gasteiger partial charge in [0.1, 0.15) is 5.75 Å². The average Bonchev–Trinajstić information content (AvgIpc) is 3.05. The molecule has 0 spiro atoms. The fourth-order valence-corrected chi connectivity index (χ4v) is 1.96. The van der Waals surface area contributed by atoms with E-state index in [9.17, 15) is 8.78 Å². The summed E-state index contributed by atoms with van der Waals surface area (Å²) < 4.78 is 36.6. The molecule has 3 rings (SSSR count). The van der Waals surface area contributed by atoms with Gasteiger partial charge >= 0.3 is 0 Å². The third-order valence-electron chi connectivity index (χ3n) is 3.17. The van der Waals surface area contributed by atoms with Crippen LogP contribution in [0, 0.1) is 11.6 Å². The van der Waals surface area contributed by atoms with Crippen LogP contribution in [0.2, 0.25) is 0 Å². The Kier molecular flexibility index (Phi) is 4.18. The number of rotatable bonds is 5. The van der Waals surface area contributed by atoms with Crippen LogP contribution in [0.5, 0.6) is 5.75 Å². The highest BCUT2D eigenvalue weighted by Gasteiger charge is 2.09. The molecule has 0 saturated heterocycles. The highest BCUT2D eigenvalue weighted by Crippen LogP contribution is 2.21. The standard InChI is InChI=1S/C16H13F2N3O2/c1-22-12-5-2-10(3-6-12)16-21-20-15(23-16)9-19-11-4-7-13(17)14(18)8-11/h2-8,19H,9H2,1H3. The van der Waals surface area contributed by atoms with E-state index in [4.69, 9.17) is 9.15 Å². The van der Waals surface area contributed by atoms with E-state index in [1.54, 1.807) is 31.4 Å². The lowest BCUT2D eigenvalue weighted by molar-refractivity contribution is 0.415. The highest BCUT2D eigenvalue weighted by molar-refractivity contribution is 5.54. The SMILES string of the molecule is COc1ccc(-c2nnc(CNc3ccc(F)c(F)c3)o2)cc1. The molecular formula is C16H13F2N3O2. The zero-order valence-electron chi connectivity index (χ0n) is 12.2. The van der Waals surface area contributed by atoms with Crippen LogP contribution in [0.15, 0.2) is 46.9 Å². The van der Waals surface area contributed by atoms with Crippen LogP contribution >= 0.6 is 0 Å². The first-order valence-corrected chi connectivity index (χ1v) is 6.81. The predicted octanol–water partition coefficient (Wildman–Crippen LogP) is 3.64. The maximum absolute atomic E-state index is 13.1. The third kappa shape index (κ3) is 3.45. The molecule has 118 valence electrons. The van der Waals surface area contributed by atoms with Gasteiger partial charge in [0, 0.05) is 17.3 Å². The Morgan fingerprint density at radius 1 is 1.04 bits per heavy atom. The Balaban J connectivity index is 1.67. The largest absolute Gasteiger partial charge is 0.497 e. The minimum absolute atomic E-state index is 0.203. The summed E-state index contributed by atoms with van der Waals surface area (Å²) in [5.74, 6) is -0.377. The second kappa shape index (κ2) is 6.43. The van der Waals surface area contributed by atoms with Gasteiger partial charge in [-0.1, -0.05) is 0 Å². The third-order valence-corrected chi connectivity index (χ3v) is 3.17. The van der Waals surface area contributed by atoms with E-state index in [0.717, 1.165) is 23.4 Å². The molecule has 0 aliphatic carbocycles. The van der Waals surface area contributed by atoms with E-state index in [2.05, 4.69) is 15.5 Å². The summed E-state index contributed by atoms with van der Waals surface area (Å²) in [4.78, 5) is 0. The second-order valence-corrected chi connectivity index (χ2v) is 4.71. The molecule has 5 nitrogen and oxygen atoms in total. The number of ether oxygens (including phenoxy) is 1. The molecule has 0 radical (unpaired) electrons. The van der Waals surface area contributed by atoms with Crippen molar-refractivity contribution in [1.82, 2.24) is 10.2 Å². The molecular weight excluding hydrogens is 304 g/mol. The first-order chi connectivity index (χ1) is 11.2. The highest BCUT2D eigenvalue weighted by atomic mass is 19.2. The molecule has 7 heteroatoms. The molecule has 3 aromatic rings. The van der Waals surface area contributed by atoms with E-state index < -0.39 is 11.6 Å². The van der Waals surface area contributed by atoms with Crippen molar-refractivity contribution in [2.24, 2.45) is 0 Å². The summed E-state index contributed by atoms with van der Waals surface area (Å²) >= 11 is 0. The quantitative estimate of drug-likeness (QED) is 0.778. The summed E-state index contributed by atoms with van der Waals surface area (Å²) in [6.07, 6.45) is 0. The van der Waals surface area contributed by atoms with Gasteiger partial charge < -0.3 is 14.5 Å². The fourth-order valence-electron chi connectivity index (χ4n) is 1.96. The molecule has 1 N–H and O–H groups in total. The maximum Gasteiger partial charge on any atom is 0.247 e. The molecule has 0 aliphatic heterocycles. The lowest BCUT2D eigenvalue weighted by Crippen LogP contribution is -2.00. The molecule has 0 atom stereocenters. The normalized spacial score (nSPS) is 10.6. The smallest absolute Gasteiger partial charge is 0.247 e. The zero-order valence-corrected chi connectivity index (χ0v) is 12.2. The molecule has 23 heavy (non-hydrogen) atoms. The van der Waals surface area contributed by atoms with Gasteiger partial charge in [0.2, 0.25) is 11.8 Å². The average molecular weight is 317 g/mol. The Morgan fingerprint density at radius 3 is 2.52 bits per heavy atom. The van der Waals surface area contributed by atoms with E-state index in [0.29, 0.717) is 17.5 Å². The van der Waals surface area contributed by atoms with Crippen LogP contribution in [-0.4, -0.2) is 17.3 Å². The molecule has 0 saturated carbocycles. The summed E-state index contributed by atoms with van der Waals surface area (Å²) in [7, 11) is 1.59. The maximum atomic E-state index is 13.1. The second-order valence-electron chi connectivity index (χ2n) is 4.71. The van der Waals surface area contributed by atoms with Crippen molar-refractivity contribution in [3.8, 4) is 17.2 Å². The number of benzene rings is 2. The molecule has 0 aliphatic rings. The van der Waals surface area contributed by atoms with E-state index in [1.165, 1.54) is 6.07 Å². The number of hydrogen-bond acceptors (Lipinski definition) is 5. The van der Waals surface area contributed by atoms with Gasteiger partial charge in [-0.25, -0.2) is 8.78 Å². The Hall–Kier alpha value is -2.96. The van der Waals surface area contributed by atoms with Crippen molar-refractivity contribution in [3.05, 3.63) is 60.0 Å². The predicted molar refractivity (Wildman–Crippen MR) is 80.0 cm³/mol. The number of nitrogens with zero attached hydrogens (tertiary/aromatic N) is 2.